The summed E-state index contributed by atoms with van der Waals surface area (Å²) < 4.78 is 0. The standard InChI is InChI=1S/C27H20N2/c1-27(2)14-8-11-18-20-15-19(17-9-4-3-5-10-17)25-26(21(20)16-22(18)27)29-24-13-7-6-12-23(24)28-25/h3-16H,1-2H3. The fourth-order valence-corrected chi connectivity index (χ4v) is 4.55. The van der Waals surface area contributed by atoms with Crippen molar-refractivity contribution >= 4 is 33.7 Å². The molecule has 2 aliphatic rings. The highest BCUT2D eigenvalue weighted by Crippen LogP contribution is 2.50. The molecule has 0 saturated carbocycles. The molecule has 2 nitrogen and oxygen atoms in total. The van der Waals surface area contributed by atoms with Gasteiger partial charge in [-0.05, 0) is 46.5 Å². The quantitative estimate of drug-likeness (QED) is 0.342. The molecule has 6 rings (SSSR count). The van der Waals surface area contributed by atoms with E-state index in [1.807, 2.05) is 24.3 Å². The van der Waals surface area contributed by atoms with Crippen LogP contribution in [0.25, 0.3) is 44.8 Å². The molecule has 0 atom stereocenters. The minimum absolute atomic E-state index is 0.00656. The molecule has 0 N–H and O–H groups in total. The highest BCUT2D eigenvalue weighted by Gasteiger charge is 2.33. The molecule has 3 aromatic carbocycles. The van der Waals surface area contributed by atoms with Gasteiger partial charge < -0.3 is 0 Å². The number of benzene rings is 3. The average Bonchev–Trinajstić information content (AvgIpc) is 3.13. The summed E-state index contributed by atoms with van der Waals surface area (Å²) in [6.07, 6.45) is 9.01. The summed E-state index contributed by atoms with van der Waals surface area (Å²) in [6, 6.07) is 21.0. The number of fused-ring (bicyclic) bond motifs is 6. The van der Waals surface area contributed by atoms with Crippen LogP contribution in [0, 0.1) is 5.41 Å². The van der Waals surface area contributed by atoms with E-state index in [1.54, 1.807) is 0 Å². The molecule has 138 valence electrons. The summed E-state index contributed by atoms with van der Waals surface area (Å²) in [4.78, 5) is 10.1. The Morgan fingerprint density at radius 1 is 0.759 bits per heavy atom. The molecule has 29 heavy (non-hydrogen) atoms. The number of aromatic nitrogens is 2. The van der Waals surface area contributed by atoms with Crippen LogP contribution in [0.4, 0.5) is 0 Å². The lowest BCUT2D eigenvalue weighted by molar-refractivity contribution is 0.601. The van der Waals surface area contributed by atoms with Gasteiger partial charge in [0.25, 0.3) is 0 Å². The number of para-hydroxylation sites is 2. The molecule has 4 aromatic rings. The van der Waals surface area contributed by atoms with E-state index in [0.29, 0.717) is 0 Å². The van der Waals surface area contributed by atoms with E-state index in [4.69, 9.17) is 9.97 Å². The first-order chi connectivity index (χ1) is 14.1. The second-order valence-electron chi connectivity index (χ2n) is 8.38. The van der Waals surface area contributed by atoms with Crippen molar-refractivity contribution < 1.29 is 0 Å². The van der Waals surface area contributed by atoms with E-state index in [1.165, 1.54) is 27.8 Å². The van der Waals surface area contributed by atoms with Crippen LogP contribution in [-0.2, 0) is 0 Å². The molecular formula is C27H20N2. The maximum Gasteiger partial charge on any atom is 0.0979 e. The predicted octanol–water partition coefficient (Wildman–Crippen LogP) is 6.83. The Bertz CT molecular complexity index is 1400. The lowest BCUT2D eigenvalue weighted by Crippen LogP contribution is -2.13. The van der Waals surface area contributed by atoms with Crippen molar-refractivity contribution in [3.05, 3.63) is 95.6 Å². The highest BCUT2D eigenvalue weighted by atomic mass is 14.8. The molecule has 0 fully saturated rings. The zero-order valence-electron chi connectivity index (χ0n) is 16.5. The number of allylic oxidation sites excluding steroid dienone is 5. The topological polar surface area (TPSA) is 25.8 Å². The molecule has 2 heteroatoms. The van der Waals surface area contributed by atoms with E-state index < -0.39 is 0 Å². The van der Waals surface area contributed by atoms with Crippen molar-refractivity contribution in [2.24, 2.45) is 5.41 Å². The van der Waals surface area contributed by atoms with Gasteiger partial charge >= 0.3 is 0 Å². The van der Waals surface area contributed by atoms with Crippen molar-refractivity contribution in [2.45, 2.75) is 13.8 Å². The summed E-state index contributed by atoms with van der Waals surface area (Å²) in [6.45, 7) is 4.55. The Balaban J connectivity index is 1.76. The largest absolute Gasteiger partial charge is 0.244 e. The van der Waals surface area contributed by atoms with Gasteiger partial charge in [0.15, 0.2) is 0 Å². The fourth-order valence-electron chi connectivity index (χ4n) is 4.55. The SMILES string of the molecule is CC1(C)C=CC=C2C1=Cc1c2cc(-c2ccccc2)c2nc3ccccc3nc12. The van der Waals surface area contributed by atoms with Crippen molar-refractivity contribution in [3.8, 4) is 11.1 Å². The van der Waals surface area contributed by atoms with E-state index in [9.17, 15) is 0 Å². The monoisotopic (exact) mass is 372 g/mol. The average molecular weight is 372 g/mol. The first kappa shape index (κ1) is 16.4. The van der Waals surface area contributed by atoms with Crippen molar-refractivity contribution in [1.82, 2.24) is 9.97 Å². The Labute approximate surface area is 169 Å². The molecule has 0 unspecified atom stereocenters. The van der Waals surface area contributed by atoms with Crippen LogP contribution >= 0.6 is 0 Å². The van der Waals surface area contributed by atoms with Gasteiger partial charge in [-0.2, -0.15) is 0 Å². The lowest BCUT2D eigenvalue weighted by atomic mass is 9.77. The molecule has 0 amide bonds. The number of nitrogens with zero attached hydrogens (tertiary/aromatic N) is 2. The Morgan fingerprint density at radius 3 is 2.21 bits per heavy atom. The fraction of sp³-hybridized carbons (Fsp3) is 0.111. The summed E-state index contributed by atoms with van der Waals surface area (Å²) in [7, 11) is 0. The molecular weight excluding hydrogens is 352 g/mol. The van der Waals surface area contributed by atoms with Gasteiger partial charge in [0.1, 0.15) is 0 Å². The van der Waals surface area contributed by atoms with E-state index >= 15 is 0 Å². The van der Waals surface area contributed by atoms with Crippen LogP contribution < -0.4 is 0 Å². The third kappa shape index (κ3) is 2.35. The summed E-state index contributed by atoms with van der Waals surface area (Å²) in [5.74, 6) is 0. The number of hydrogen-bond donors (Lipinski definition) is 0. The Morgan fingerprint density at radius 2 is 1.45 bits per heavy atom. The Kier molecular flexibility index (Phi) is 3.25. The van der Waals surface area contributed by atoms with E-state index in [-0.39, 0.29) is 5.41 Å². The van der Waals surface area contributed by atoms with Gasteiger partial charge in [0.2, 0.25) is 0 Å². The third-order valence-electron chi connectivity index (χ3n) is 6.08. The first-order valence-corrected chi connectivity index (χ1v) is 10.0. The van der Waals surface area contributed by atoms with Gasteiger partial charge in [-0.3, -0.25) is 0 Å². The van der Waals surface area contributed by atoms with Gasteiger partial charge in [0.05, 0.1) is 22.1 Å². The number of rotatable bonds is 1. The van der Waals surface area contributed by atoms with Crippen LogP contribution in [0.1, 0.15) is 25.0 Å². The van der Waals surface area contributed by atoms with Crippen molar-refractivity contribution in [1.29, 1.82) is 0 Å². The summed E-state index contributed by atoms with van der Waals surface area (Å²) in [5.41, 5.74) is 11.3. The molecule has 0 saturated heterocycles. The second kappa shape index (κ2) is 5.74. The van der Waals surface area contributed by atoms with Gasteiger partial charge in [-0.15, -0.1) is 0 Å². The highest BCUT2D eigenvalue weighted by molar-refractivity contribution is 6.09. The van der Waals surface area contributed by atoms with Gasteiger partial charge in [-0.25, -0.2) is 9.97 Å². The normalized spacial score (nSPS) is 16.5. The zero-order valence-corrected chi connectivity index (χ0v) is 16.5. The van der Waals surface area contributed by atoms with Crippen LogP contribution in [0.2, 0.25) is 0 Å². The number of hydrogen-bond acceptors (Lipinski definition) is 2. The van der Waals surface area contributed by atoms with E-state index in [0.717, 1.165) is 27.6 Å². The maximum absolute atomic E-state index is 5.09. The smallest absolute Gasteiger partial charge is 0.0979 e. The molecule has 0 radical (unpaired) electrons. The van der Waals surface area contributed by atoms with Gasteiger partial charge in [0, 0.05) is 16.5 Å². The summed E-state index contributed by atoms with van der Waals surface area (Å²) in [5, 5.41) is 0. The van der Waals surface area contributed by atoms with Crippen molar-refractivity contribution in [2.75, 3.05) is 0 Å². The molecule has 1 aromatic heterocycles. The summed E-state index contributed by atoms with van der Waals surface area (Å²) >= 11 is 0. The van der Waals surface area contributed by atoms with E-state index in [2.05, 4.69) is 74.5 Å². The van der Waals surface area contributed by atoms with Crippen LogP contribution in [-0.4, -0.2) is 9.97 Å². The predicted molar refractivity (Wildman–Crippen MR) is 121 cm³/mol. The minimum atomic E-state index is 0.00656. The molecule has 0 aliphatic heterocycles. The lowest BCUT2D eigenvalue weighted by Gasteiger charge is -2.26. The van der Waals surface area contributed by atoms with Crippen LogP contribution in [0.3, 0.4) is 0 Å². The zero-order chi connectivity index (χ0) is 19.6. The maximum atomic E-state index is 5.09. The second-order valence-corrected chi connectivity index (χ2v) is 8.38. The first-order valence-electron chi connectivity index (χ1n) is 10.0. The minimum Gasteiger partial charge on any atom is -0.244 e. The van der Waals surface area contributed by atoms with Crippen LogP contribution in [0.5, 0.6) is 0 Å². The Hall–Kier alpha value is -3.52. The van der Waals surface area contributed by atoms with Crippen LogP contribution in [0.15, 0.2) is 84.5 Å². The molecule has 0 bridgehead atoms. The van der Waals surface area contributed by atoms with Crippen molar-refractivity contribution in [3.63, 3.8) is 0 Å². The third-order valence-corrected chi connectivity index (χ3v) is 6.08. The van der Waals surface area contributed by atoms with Gasteiger partial charge in [-0.1, -0.05) is 74.5 Å². The molecule has 1 heterocycles. The molecule has 0 spiro atoms. The molecule has 2 aliphatic carbocycles.